The van der Waals surface area contributed by atoms with Crippen molar-refractivity contribution in [2.45, 2.75) is 11.8 Å². The van der Waals surface area contributed by atoms with Gasteiger partial charge < -0.3 is 0 Å². The summed E-state index contributed by atoms with van der Waals surface area (Å²) in [5, 5.41) is 0.264. The number of aromatic nitrogens is 2. The van der Waals surface area contributed by atoms with Gasteiger partial charge in [-0.05, 0) is 19.1 Å². The predicted octanol–water partition coefficient (Wildman–Crippen LogP) is 1.65. The third kappa shape index (κ3) is 2.37. The van der Waals surface area contributed by atoms with Gasteiger partial charge in [-0.1, -0.05) is 17.7 Å². The van der Waals surface area contributed by atoms with Gasteiger partial charge in [-0.3, -0.25) is 4.72 Å². The lowest BCUT2D eigenvalue weighted by molar-refractivity contribution is 0.601. The first-order chi connectivity index (χ1) is 7.58. The van der Waals surface area contributed by atoms with Crippen LogP contribution in [0.2, 0.25) is 0 Å². The van der Waals surface area contributed by atoms with E-state index in [0.29, 0.717) is 0 Å². The molecule has 2 aromatic rings. The number of anilines is 1. The van der Waals surface area contributed by atoms with Crippen LogP contribution in [-0.2, 0) is 10.0 Å². The van der Waals surface area contributed by atoms with E-state index >= 15 is 0 Å². The maximum absolute atomic E-state index is 11.8. The van der Waals surface area contributed by atoms with Gasteiger partial charge in [-0.25, -0.2) is 13.4 Å². The van der Waals surface area contributed by atoms with Crippen molar-refractivity contribution in [1.82, 2.24) is 9.36 Å². The minimum absolute atomic E-state index is 0.216. The highest BCUT2D eigenvalue weighted by Gasteiger charge is 2.14. The van der Waals surface area contributed by atoms with Crippen molar-refractivity contribution in [2.24, 2.45) is 0 Å². The topological polar surface area (TPSA) is 72.0 Å². The van der Waals surface area contributed by atoms with Crippen molar-refractivity contribution >= 4 is 26.7 Å². The molecule has 0 saturated carbocycles. The molecule has 0 radical (unpaired) electrons. The van der Waals surface area contributed by atoms with Crippen molar-refractivity contribution in [1.29, 1.82) is 0 Å². The highest BCUT2D eigenvalue weighted by Crippen LogP contribution is 2.16. The lowest BCUT2D eigenvalue weighted by Gasteiger charge is -2.04. The van der Waals surface area contributed by atoms with E-state index in [0.717, 1.165) is 17.1 Å². The molecule has 0 unspecified atom stereocenters. The number of nitrogens with one attached hydrogen (secondary N) is 1. The monoisotopic (exact) mass is 255 g/mol. The summed E-state index contributed by atoms with van der Waals surface area (Å²) in [6.45, 7) is 1.90. The lowest BCUT2D eigenvalue weighted by Crippen LogP contribution is -2.12. The van der Waals surface area contributed by atoms with Gasteiger partial charge in [0.2, 0.25) is 5.13 Å². The first kappa shape index (κ1) is 11.0. The number of rotatable bonds is 3. The van der Waals surface area contributed by atoms with Gasteiger partial charge >= 0.3 is 0 Å². The highest BCUT2D eigenvalue weighted by molar-refractivity contribution is 7.93. The van der Waals surface area contributed by atoms with Crippen LogP contribution in [0.15, 0.2) is 35.5 Å². The normalized spacial score (nSPS) is 11.3. The molecule has 84 valence electrons. The molecular formula is C9H9N3O2S2. The van der Waals surface area contributed by atoms with Crippen LogP contribution >= 0.6 is 11.5 Å². The van der Waals surface area contributed by atoms with Crippen LogP contribution in [0.5, 0.6) is 0 Å². The van der Waals surface area contributed by atoms with Crippen molar-refractivity contribution in [3.05, 3.63) is 36.2 Å². The maximum Gasteiger partial charge on any atom is 0.263 e. The van der Waals surface area contributed by atoms with E-state index in [9.17, 15) is 8.42 Å². The van der Waals surface area contributed by atoms with E-state index in [1.165, 1.54) is 6.33 Å². The van der Waals surface area contributed by atoms with Crippen molar-refractivity contribution in [3.63, 3.8) is 0 Å². The third-order valence-corrected chi connectivity index (χ3v) is 3.98. The minimum atomic E-state index is -3.54. The Morgan fingerprint density at radius 2 is 1.94 bits per heavy atom. The van der Waals surface area contributed by atoms with E-state index in [-0.39, 0.29) is 10.0 Å². The molecule has 1 aromatic carbocycles. The van der Waals surface area contributed by atoms with Crippen LogP contribution < -0.4 is 4.72 Å². The number of sulfonamides is 1. The summed E-state index contributed by atoms with van der Waals surface area (Å²) in [6.07, 6.45) is 1.30. The zero-order valence-corrected chi connectivity index (χ0v) is 10.0. The fourth-order valence-corrected chi connectivity index (χ4v) is 2.77. The third-order valence-electron chi connectivity index (χ3n) is 1.91. The highest BCUT2D eigenvalue weighted by atomic mass is 32.2. The van der Waals surface area contributed by atoms with Crippen LogP contribution in [0.25, 0.3) is 0 Å². The van der Waals surface area contributed by atoms with E-state index in [2.05, 4.69) is 14.1 Å². The molecule has 1 aromatic heterocycles. The molecular weight excluding hydrogens is 246 g/mol. The van der Waals surface area contributed by atoms with Crippen LogP contribution in [0.3, 0.4) is 0 Å². The number of benzene rings is 1. The maximum atomic E-state index is 11.8. The molecule has 16 heavy (non-hydrogen) atoms. The number of nitrogens with zero attached hydrogens (tertiary/aromatic N) is 2. The van der Waals surface area contributed by atoms with Gasteiger partial charge in [0.05, 0.1) is 4.90 Å². The Bertz CT molecular complexity index is 561. The Kier molecular flexibility index (Phi) is 2.88. The molecule has 1 heterocycles. The first-order valence-electron chi connectivity index (χ1n) is 4.44. The first-order valence-corrected chi connectivity index (χ1v) is 6.70. The Morgan fingerprint density at radius 3 is 2.50 bits per heavy atom. The molecule has 2 rings (SSSR count). The summed E-state index contributed by atoms with van der Waals surface area (Å²) in [6, 6.07) is 6.60. The van der Waals surface area contributed by atoms with Gasteiger partial charge in [0.1, 0.15) is 6.33 Å². The van der Waals surface area contributed by atoms with Crippen molar-refractivity contribution in [3.8, 4) is 0 Å². The van der Waals surface area contributed by atoms with Crippen LogP contribution in [0.1, 0.15) is 5.56 Å². The van der Waals surface area contributed by atoms with Crippen LogP contribution in [0, 0.1) is 6.92 Å². The summed E-state index contributed by atoms with van der Waals surface area (Å²) >= 11 is 0.996. The van der Waals surface area contributed by atoms with Gasteiger partial charge in [0, 0.05) is 11.5 Å². The van der Waals surface area contributed by atoms with E-state index in [1.54, 1.807) is 24.3 Å². The Labute approximate surface area is 97.4 Å². The second-order valence-electron chi connectivity index (χ2n) is 3.16. The van der Waals surface area contributed by atoms with Gasteiger partial charge in [0.25, 0.3) is 10.0 Å². The van der Waals surface area contributed by atoms with E-state index < -0.39 is 10.0 Å². The molecule has 0 saturated heterocycles. The molecule has 0 amide bonds. The molecule has 1 N–H and O–H groups in total. The molecule has 5 nitrogen and oxygen atoms in total. The minimum Gasteiger partial charge on any atom is -0.253 e. The molecule has 0 fully saturated rings. The van der Waals surface area contributed by atoms with Gasteiger partial charge in [-0.2, -0.15) is 4.37 Å². The summed E-state index contributed by atoms with van der Waals surface area (Å²) in [4.78, 5) is 3.98. The van der Waals surface area contributed by atoms with Crippen LogP contribution in [0.4, 0.5) is 5.13 Å². The fourth-order valence-electron chi connectivity index (χ4n) is 1.11. The Morgan fingerprint density at radius 1 is 1.25 bits per heavy atom. The lowest BCUT2D eigenvalue weighted by atomic mass is 10.2. The van der Waals surface area contributed by atoms with Crippen molar-refractivity contribution < 1.29 is 8.42 Å². The fraction of sp³-hybridized carbons (Fsp3) is 0.111. The summed E-state index contributed by atoms with van der Waals surface area (Å²) in [5.41, 5.74) is 1.01. The predicted molar refractivity (Wildman–Crippen MR) is 61.9 cm³/mol. The standard InChI is InChI=1S/C9H9N3O2S2/c1-7-2-4-8(5-3-7)16(13,14)12-9-10-6-11-15-9/h2-6H,1H3,(H,10,11,12). The van der Waals surface area contributed by atoms with Crippen molar-refractivity contribution in [2.75, 3.05) is 4.72 Å². The molecule has 7 heteroatoms. The Hall–Kier alpha value is -1.47. The van der Waals surface area contributed by atoms with Gasteiger partial charge in [-0.15, -0.1) is 0 Å². The quantitative estimate of drug-likeness (QED) is 0.905. The average Bonchev–Trinajstić information content (AvgIpc) is 2.70. The van der Waals surface area contributed by atoms with Crippen LogP contribution in [-0.4, -0.2) is 17.8 Å². The molecule has 0 atom stereocenters. The zero-order chi connectivity index (χ0) is 11.6. The summed E-state index contributed by atoms with van der Waals surface area (Å²) in [7, 11) is -3.54. The molecule has 0 aliphatic rings. The van der Waals surface area contributed by atoms with E-state index in [4.69, 9.17) is 0 Å². The van der Waals surface area contributed by atoms with E-state index in [1.807, 2.05) is 6.92 Å². The largest absolute Gasteiger partial charge is 0.263 e. The second kappa shape index (κ2) is 4.18. The number of hydrogen-bond donors (Lipinski definition) is 1. The molecule has 0 aliphatic heterocycles. The average molecular weight is 255 g/mol. The zero-order valence-electron chi connectivity index (χ0n) is 8.41. The number of hydrogen-bond acceptors (Lipinski definition) is 5. The SMILES string of the molecule is Cc1ccc(S(=O)(=O)Nc2ncns2)cc1. The molecule has 0 bridgehead atoms. The number of aryl methyl sites for hydroxylation is 1. The second-order valence-corrected chi connectivity index (χ2v) is 5.63. The smallest absolute Gasteiger partial charge is 0.253 e. The summed E-state index contributed by atoms with van der Waals surface area (Å²) < 4.78 is 29.7. The molecule has 0 aliphatic carbocycles. The molecule has 0 spiro atoms. The summed E-state index contributed by atoms with van der Waals surface area (Å²) in [5.74, 6) is 0. The Balaban J connectivity index is 2.29. The van der Waals surface area contributed by atoms with Gasteiger partial charge in [0.15, 0.2) is 0 Å².